The molecule has 0 aliphatic rings. The van der Waals surface area contributed by atoms with Crippen LogP contribution in [0.2, 0.25) is 0 Å². The van der Waals surface area contributed by atoms with Crippen molar-refractivity contribution in [2.75, 3.05) is 5.32 Å². The molecule has 0 bridgehead atoms. The zero-order chi connectivity index (χ0) is 10.5. The minimum Gasteiger partial charge on any atom is -0.348 e. The van der Waals surface area contributed by atoms with Crippen LogP contribution in [0.4, 0.5) is 5.95 Å². The second-order valence-electron chi connectivity index (χ2n) is 3.35. The fourth-order valence-electron chi connectivity index (χ4n) is 1.39. The first-order valence-electron chi connectivity index (χ1n) is 4.95. The van der Waals surface area contributed by atoms with Crippen LogP contribution < -0.4 is 5.32 Å². The molecule has 0 saturated carbocycles. The Hall–Kier alpha value is -1.90. The molecule has 76 valence electrons. The van der Waals surface area contributed by atoms with Gasteiger partial charge in [-0.15, -0.1) is 0 Å². The van der Waals surface area contributed by atoms with E-state index in [-0.39, 0.29) is 6.04 Å². The Morgan fingerprint density at radius 3 is 2.33 bits per heavy atom. The molecule has 0 radical (unpaired) electrons. The molecule has 1 N–H and O–H groups in total. The van der Waals surface area contributed by atoms with Gasteiger partial charge < -0.3 is 5.32 Å². The molecule has 3 heteroatoms. The molecule has 15 heavy (non-hydrogen) atoms. The van der Waals surface area contributed by atoms with Gasteiger partial charge in [0.2, 0.25) is 5.95 Å². The van der Waals surface area contributed by atoms with Crippen molar-refractivity contribution in [2.45, 2.75) is 13.0 Å². The third kappa shape index (κ3) is 2.53. The van der Waals surface area contributed by atoms with E-state index >= 15 is 0 Å². The fourth-order valence-corrected chi connectivity index (χ4v) is 1.39. The largest absolute Gasteiger partial charge is 0.348 e. The van der Waals surface area contributed by atoms with Gasteiger partial charge in [0.1, 0.15) is 0 Å². The maximum absolute atomic E-state index is 4.12. The van der Waals surface area contributed by atoms with Crippen molar-refractivity contribution < 1.29 is 0 Å². The zero-order valence-corrected chi connectivity index (χ0v) is 8.59. The van der Waals surface area contributed by atoms with E-state index in [0.29, 0.717) is 5.95 Å². The highest BCUT2D eigenvalue weighted by molar-refractivity contribution is 5.30. The van der Waals surface area contributed by atoms with Crippen molar-refractivity contribution in [2.24, 2.45) is 0 Å². The van der Waals surface area contributed by atoms with E-state index in [1.165, 1.54) is 5.56 Å². The SMILES string of the molecule is CC(Nc1ncccn1)c1ccccc1. The lowest BCUT2D eigenvalue weighted by atomic mass is 10.1. The van der Waals surface area contributed by atoms with Crippen molar-refractivity contribution in [3.05, 3.63) is 54.4 Å². The lowest BCUT2D eigenvalue weighted by Gasteiger charge is -2.13. The summed E-state index contributed by atoms with van der Waals surface area (Å²) in [6, 6.07) is 12.3. The second kappa shape index (κ2) is 4.55. The number of anilines is 1. The van der Waals surface area contributed by atoms with Crippen molar-refractivity contribution >= 4 is 5.95 Å². The second-order valence-corrected chi connectivity index (χ2v) is 3.35. The van der Waals surface area contributed by atoms with E-state index in [9.17, 15) is 0 Å². The normalized spacial score (nSPS) is 12.1. The van der Waals surface area contributed by atoms with Crippen LogP contribution in [0.1, 0.15) is 18.5 Å². The van der Waals surface area contributed by atoms with Gasteiger partial charge in [0.05, 0.1) is 6.04 Å². The van der Waals surface area contributed by atoms with Crippen LogP contribution >= 0.6 is 0 Å². The summed E-state index contributed by atoms with van der Waals surface area (Å²) in [4.78, 5) is 8.24. The zero-order valence-electron chi connectivity index (χ0n) is 8.59. The molecular formula is C12H13N3. The molecule has 2 aromatic rings. The van der Waals surface area contributed by atoms with Gasteiger partial charge >= 0.3 is 0 Å². The highest BCUT2D eigenvalue weighted by atomic mass is 15.1. The molecule has 0 saturated heterocycles. The topological polar surface area (TPSA) is 37.8 Å². The Morgan fingerprint density at radius 2 is 1.67 bits per heavy atom. The first-order valence-corrected chi connectivity index (χ1v) is 4.95. The van der Waals surface area contributed by atoms with Gasteiger partial charge in [-0.05, 0) is 18.6 Å². The molecular weight excluding hydrogens is 186 g/mol. The first kappa shape index (κ1) is 9.65. The summed E-state index contributed by atoms with van der Waals surface area (Å²) in [5.74, 6) is 0.661. The molecule has 1 aromatic heterocycles. The summed E-state index contributed by atoms with van der Waals surface area (Å²) < 4.78 is 0. The number of rotatable bonds is 3. The van der Waals surface area contributed by atoms with Crippen LogP contribution in [0, 0.1) is 0 Å². The van der Waals surface area contributed by atoms with Crippen LogP contribution in [0.15, 0.2) is 48.8 Å². The monoisotopic (exact) mass is 199 g/mol. The summed E-state index contributed by atoms with van der Waals surface area (Å²) in [6.07, 6.45) is 3.46. The van der Waals surface area contributed by atoms with Crippen LogP contribution in [0.5, 0.6) is 0 Å². The van der Waals surface area contributed by atoms with E-state index in [4.69, 9.17) is 0 Å². The predicted molar refractivity (Wildman–Crippen MR) is 60.5 cm³/mol. The van der Waals surface area contributed by atoms with Crippen LogP contribution in [0.3, 0.4) is 0 Å². The summed E-state index contributed by atoms with van der Waals surface area (Å²) in [7, 11) is 0. The maximum Gasteiger partial charge on any atom is 0.223 e. The number of aromatic nitrogens is 2. The minimum absolute atomic E-state index is 0.216. The number of hydrogen-bond acceptors (Lipinski definition) is 3. The van der Waals surface area contributed by atoms with Crippen LogP contribution in [-0.4, -0.2) is 9.97 Å². The number of benzene rings is 1. The third-order valence-corrected chi connectivity index (χ3v) is 2.21. The quantitative estimate of drug-likeness (QED) is 0.825. The summed E-state index contributed by atoms with van der Waals surface area (Å²) >= 11 is 0. The maximum atomic E-state index is 4.12. The molecule has 1 atom stereocenters. The van der Waals surface area contributed by atoms with Gasteiger partial charge in [-0.1, -0.05) is 30.3 Å². The summed E-state index contributed by atoms with van der Waals surface area (Å²) in [5.41, 5.74) is 1.23. The first-order chi connectivity index (χ1) is 7.36. The molecule has 2 rings (SSSR count). The Labute approximate surface area is 89.2 Å². The average Bonchev–Trinajstić information content (AvgIpc) is 2.31. The van der Waals surface area contributed by atoms with E-state index < -0.39 is 0 Å². The van der Waals surface area contributed by atoms with Gasteiger partial charge in [-0.3, -0.25) is 0 Å². The Balaban J connectivity index is 2.08. The number of nitrogens with zero attached hydrogens (tertiary/aromatic N) is 2. The van der Waals surface area contributed by atoms with Gasteiger partial charge in [0, 0.05) is 12.4 Å². The Morgan fingerprint density at radius 1 is 1.00 bits per heavy atom. The van der Waals surface area contributed by atoms with Crippen LogP contribution in [-0.2, 0) is 0 Å². The van der Waals surface area contributed by atoms with E-state index in [1.54, 1.807) is 18.5 Å². The van der Waals surface area contributed by atoms with Crippen molar-refractivity contribution in [3.63, 3.8) is 0 Å². The van der Waals surface area contributed by atoms with Crippen LogP contribution in [0.25, 0.3) is 0 Å². The fraction of sp³-hybridized carbons (Fsp3) is 0.167. The molecule has 0 fully saturated rings. The Kier molecular flexibility index (Phi) is 2.93. The van der Waals surface area contributed by atoms with Gasteiger partial charge in [-0.2, -0.15) is 0 Å². The molecule has 0 aliphatic carbocycles. The molecule has 0 amide bonds. The smallest absolute Gasteiger partial charge is 0.223 e. The standard InChI is InChI=1S/C12H13N3/c1-10(11-6-3-2-4-7-11)15-12-13-8-5-9-14-12/h2-10H,1H3,(H,13,14,15). The van der Waals surface area contributed by atoms with Gasteiger partial charge in [-0.25, -0.2) is 9.97 Å². The molecule has 3 nitrogen and oxygen atoms in total. The third-order valence-electron chi connectivity index (χ3n) is 2.21. The Bertz CT molecular complexity index is 400. The van der Waals surface area contributed by atoms with Crippen molar-refractivity contribution in [1.82, 2.24) is 9.97 Å². The highest BCUT2D eigenvalue weighted by Gasteiger charge is 2.04. The number of hydrogen-bond donors (Lipinski definition) is 1. The van der Waals surface area contributed by atoms with Crippen molar-refractivity contribution in [3.8, 4) is 0 Å². The lowest BCUT2D eigenvalue weighted by molar-refractivity contribution is 0.860. The molecule has 1 unspecified atom stereocenters. The van der Waals surface area contributed by atoms with Gasteiger partial charge in [0.15, 0.2) is 0 Å². The summed E-state index contributed by atoms with van der Waals surface area (Å²) in [6.45, 7) is 2.09. The minimum atomic E-state index is 0.216. The molecule has 0 spiro atoms. The average molecular weight is 199 g/mol. The number of nitrogens with one attached hydrogen (secondary N) is 1. The highest BCUT2D eigenvalue weighted by Crippen LogP contribution is 2.15. The van der Waals surface area contributed by atoms with Crippen molar-refractivity contribution in [1.29, 1.82) is 0 Å². The summed E-state index contributed by atoms with van der Waals surface area (Å²) in [5, 5.41) is 3.24. The van der Waals surface area contributed by atoms with E-state index in [1.807, 2.05) is 18.2 Å². The predicted octanol–water partition coefficient (Wildman–Crippen LogP) is 2.65. The molecule has 1 heterocycles. The van der Waals surface area contributed by atoms with E-state index in [0.717, 1.165) is 0 Å². The van der Waals surface area contributed by atoms with Gasteiger partial charge in [0.25, 0.3) is 0 Å². The molecule has 1 aromatic carbocycles. The molecule has 0 aliphatic heterocycles. The van der Waals surface area contributed by atoms with E-state index in [2.05, 4.69) is 34.3 Å². The lowest BCUT2D eigenvalue weighted by Crippen LogP contribution is -2.08.